The molecule has 1 aromatic heterocycles. The number of methoxy groups -OCH3 is 1. The molecule has 0 aliphatic carbocycles. The van der Waals surface area contributed by atoms with Crippen molar-refractivity contribution in [2.45, 2.75) is 78.2 Å². The van der Waals surface area contributed by atoms with E-state index in [0.29, 0.717) is 29.1 Å². The van der Waals surface area contributed by atoms with Gasteiger partial charge in [-0.2, -0.15) is 0 Å². The number of carbonyl (C=O) groups is 4. The minimum atomic E-state index is -1.02. The summed E-state index contributed by atoms with van der Waals surface area (Å²) in [7, 11) is 1.51. The first-order valence-electron chi connectivity index (χ1n) is 12.8. The number of alkyl carbamates (subject to hydrolysis) is 1. The molecule has 218 valence electrons. The molecular weight excluding hydrogens is 526 g/mol. The molecule has 2 N–H and O–H groups in total. The maximum Gasteiger partial charge on any atom is 0.407 e. The van der Waals surface area contributed by atoms with Gasteiger partial charge in [0.2, 0.25) is 5.91 Å². The van der Waals surface area contributed by atoms with Gasteiger partial charge in [-0.15, -0.1) is 5.10 Å². The summed E-state index contributed by atoms with van der Waals surface area (Å²) in [6.07, 6.45) is -2.20. The van der Waals surface area contributed by atoms with Crippen molar-refractivity contribution in [2.75, 3.05) is 13.7 Å². The van der Waals surface area contributed by atoms with Crippen molar-refractivity contribution in [3.05, 3.63) is 30.0 Å². The highest BCUT2D eigenvalue weighted by atomic mass is 16.6. The van der Waals surface area contributed by atoms with Crippen LogP contribution in [0.3, 0.4) is 0 Å². The highest BCUT2D eigenvalue weighted by molar-refractivity contribution is 5.73. The second kappa shape index (κ2) is 13.7. The van der Waals surface area contributed by atoms with Crippen molar-refractivity contribution in [3.8, 4) is 17.0 Å². The number of ether oxygens (including phenoxy) is 5. The lowest BCUT2D eigenvalue weighted by Crippen LogP contribution is -2.65. The molecule has 1 fully saturated rings. The Balaban J connectivity index is 1.82. The van der Waals surface area contributed by atoms with Crippen LogP contribution >= 0.6 is 0 Å². The van der Waals surface area contributed by atoms with Gasteiger partial charge in [0.1, 0.15) is 24.2 Å². The Kier molecular flexibility index (Phi) is 10.4. The van der Waals surface area contributed by atoms with Crippen molar-refractivity contribution in [2.24, 2.45) is 0 Å². The van der Waals surface area contributed by atoms with Crippen LogP contribution in [0.25, 0.3) is 11.3 Å². The number of nitrogens with zero attached hydrogens (tertiary/aromatic N) is 3. The van der Waals surface area contributed by atoms with Crippen molar-refractivity contribution in [1.29, 1.82) is 0 Å². The number of aromatic nitrogens is 3. The first-order valence-corrected chi connectivity index (χ1v) is 12.8. The molecule has 14 heteroatoms. The second-order valence-electron chi connectivity index (χ2n) is 9.21. The van der Waals surface area contributed by atoms with Gasteiger partial charge in [0.15, 0.2) is 12.2 Å². The van der Waals surface area contributed by atoms with Crippen molar-refractivity contribution < 1.29 is 42.9 Å². The number of amides is 2. The summed E-state index contributed by atoms with van der Waals surface area (Å²) in [6.45, 7) is 7.91. The van der Waals surface area contributed by atoms with Gasteiger partial charge in [-0.1, -0.05) is 17.3 Å². The Morgan fingerprint density at radius 1 is 1.07 bits per heavy atom. The summed E-state index contributed by atoms with van der Waals surface area (Å²) in [6, 6.07) is 4.57. The Morgan fingerprint density at radius 2 is 1.77 bits per heavy atom. The molecule has 40 heavy (non-hydrogen) atoms. The van der Waals surface area contributed by atoms with E-state index in [9.17, 15) is 19.2 Å². The molecule has 1 aromatic carbocycles. The van der Waals surface area contributed by atoms with Gasteiger partial charge in [-0.05, 0) is 19.9 Å². The summed E-state index contributed by atoms with van der Waals surface area (Å²) in [4.78, 5) is 47.3. The third kappa shape index (κ3) is 7.91. The van der Waals surface area contributed by atoms with Crippen molar-refractivity contribution in [1.82, 2.24) is 25.6 Å². The van der Waals surface area contributed by atoms with Crippen molar-refractivity contribution in [3.63, 3.8) is 0 Å². The Bertz CT molecular complexity index is 1220. The highest BCUT2D eigenvalue weighted by Crippen LogP contribution is 2.29. The smallest absolute Gasteiger partial charge is 0.407 e. The molecule has 0 bridgehead atoms. The van der Waals surface area contributed by atoms with Crippen LogP contribution in [0.2, 0.25) is 0 Å². The Hall–Kier alpha value is -4.20. The van der Waals surface area contributed by atoms with Crippen LogP contribution in [0.1, 0.15) is 40.2 Å². The van der Waals surface area contributed by atoms with E-state index >= 15 is 0 Å². The average Bonchev–Trinajstić information content (AvgIpc) is 3.35. The fourth-order valence-corrected chi connectivity index (χ4v) is 4.43. The zero-order chi connectivity index (χ0) is 29.4. The third-order valence-corrected chi connectivity index (χ3v) is 6.08. The lowest BCUT2D eigenvalue weighted by Gasteiger charge is -2.44. The van der Waals surface area contributed by atoms with Gasteiger partial charge in [-0.25, -0.2) is 9.48 Å². The largest absolute Gasteiger partial charge is 0.496 e. The normalized spacial score (nSPS) is 22.1. The fourth-order valence-electron chi connectivity index (χ4n) is 4.43. The minimum Gasteiger partial charge on any atom is -0.496 e. The molecule has 0 spiro atoms. The molecular formula is C26H35N5O9. The molecule has 1 aliphatic heterocycles. The number of benzene rings is 1. The third-order valence-electron chi connectivity index (χ3n) is 6.08. The van der Waals surface area contributed by atoms with E-state index < -0.39 is 48.5 Å². The molecule has 5 atom stereocenters. The van der Waals surface area contributed by atoms with E-state index in [1.807, 2.05) is 0 Å². The van der Waals surface area contributed by atoms with Crippen LogP contribution < -0.4 is 15.4 Å². The summed E-state index contributed by atoms with van der Waals surface area (Å²) in [5.74, 6) is -1.04. The van der Waals surface area contributed by atoms with Crippen LogP contribution in [-0.2, 0) is 46.5 Å². The number of hydrogen-bond donors (Lipinski definition) is 2. The number of nitrogens with one attached hydrogen (secondary N) is 2. The van der Waals surface area contributed by atoms with Gasteiger partial charge >= 0.3 is 18.0 Å². The van der Waals surface area contributed by atoms with E-state index in [2.05, 4.69) is 20.9 Å². The lowest BCUT2D eigenvalue weighted by molar-refractivity contribution is -0.215. The molecule has 14 nitrogen and oxygen atoms in total. The standard InChI is InChI=1S/C26H35N5O9/c1-7-27-26(35)37-13-19-9-8-18(10-21(19)36-6)20-11-31(30-29-20)12-22-24(39-16(4)33)25(40-17(5)34)23(14(2)38-22)28-15(3)32/h8-11,14,22-25H,7,12-13H2,1-6H3,(H,27,35)(H,28,32). The van der Waals surface area contributed by atoms with Crippen LogP contribution in [0.5, 0.6) is 5.75 Å². The Labute approximate surface area is 231 Å². The van der Waals surface area contributed by atoms with E-state index in [1.165, 1.54) is 32.6 Å². The fraction of sp³-hybridized carbons (Fsp3) is 0.538. The van der Waals surface area contributed by atoms with Gasteiger partial charge in [0.25, 0.3) is 0 Å². The maximum atomic E-state index is 12.0. The Morgan fingerprint density at radius 3 is 2.40 bits per heavy atom. The number of carbonyl (C=O) groups excluding carboxylic acids is 4. The highest BCUT2D eigenvalue weighted by Gasteiger charge is 2.49. The molecule has 1 saturated heterocycles. The van der Waals surface area contributed by atoms with Crippen LogP contribution in [0.4, 0.5) is 4.79 Å². The zero-order valence-electron chi connectivity index (χ0n) is 23.3. The summed E-state index contributed by atoms with van der Waals surface area (Å²) < 4.78 is 29.3. The molecule has 0 radical (unpaired) electrons. The number of rotatable bonds is 10. The summed E-state index contributed by atoms with van der Waals surface area (Å²) >= 11 is 0. The molecule has 2 heterocycles. The predicted octanol–water partition coefficient (Wildman–Crippen LogP) is 1.36. The molecule has 5 unspecified atom stereocenters. The maximum absolute atomic E-state index is 12.0. The van der Waals surface area contributed by atoms with Gasteiger partial charge in [-0.3, -0.25) is 14.4 Å². The number of esters is 2. The topological polar surface area (TPSA) is 169 Å². The first-order chi connectivity index (χ1) is 19.0. The van der Waals surface area contributed by atoms with Crippen LogP contribution in [0, 0.1) is 0 Å². The minimum absolute atomic E-state index is 0.0275. The quantitative estimate of drug-likeness (QED) is 0.317. The van der Waals surface area contributed by atoms with Gasteiger partial charge < -0.3 is 34.3 Å². The molecule has 1 aliphatic rings. The van der Waals surface area contributed by atoms with E-state index in [1.54, 1.807) is 38.2 Å². The molecule has 2 aromatic rings. The van der Waals surface area contributed by atoms with Crippen molar-refractivity contribution >= 4 is 23.9 Å². The first kappa shape index (κ1) is 30.3. The summed E-state index contributed by atoms with van der Waals surface area (Å²) in [5, 5.41) is 13.7. The second-order valence-corrected chi connectivity index (χ2v) is 9.21. The zero-order valence-corrected chi connectivity index (χ0v) is 23.3. The molecule has 2 amide bonds. The van der Waals surface area contributed by atoms with Crippen LogP contribution in [-0.4, -0.2) is 83.0 Å². The molecule has 3 rings (SSSR count). The predicted molar refractivity (Wildman–Crippen MR) is 139 cm³/mol. The van der Waals surface area contributed by atoms with E-state index in [-0.39, 0.29) is 19.1 Å². The summed E-state index contributed by atoms with van der Waals surface area (Å²) in [5.41, 5.74) is 1.89. The monoisotopic (exact) mass is 561 g/mol. The van der Waals surface area contributed by atoms with Gasteiger partial charge in [0.05, 0.1) is 32.0 Å². The SMILES string of the molecule is CCNC(=O)OCc1ccc(-c2cn(CC3OC(C)C(NC(C)=O)C(OC(C)=O)C3OC(C)=O)nn2)cc1OC. The average molecular weight is 562 g/mol. The van der Waals surface area contributed by atoms with E-state index in [4.69, 9.17) is 23.7 Å². The molecule has 0 saturated carbocycles. The van der Waals surface area contributed by atoms with E-state index in [0.717, 1.165) is 0 Å². The lowest BCUT2D eigenvalue weighted by atomic mass is 9.92. The number of hydrogen-bond acceptors (Lipinski definition) is 11. The van der Waals surface area contributed by atoms with Crippen LogP contribution in [0.15, 0.2) is 24.4 Å². The van der Waals surface area contributed by atoms with Gasteiger partial charge in [0, 0.05) is 38.4 Å².